The summed E-state index contributed by atoms with van der Waals surface area (Å²) in [4.78, 5) is 12.1. The molecule has 0 N–H and O–H groups in total. The zero-order chi connectivity index (χ0) is 12.1. The number of hydrogen-bond donors (Lipinski definition) is 0. The molecule has 1 heteroatoms. The molecule has 0 aromatic carbocycles. The highest BCUT2D eigenvalue weighted by Gasteiger charge is 2.14. The summed E-state index contributed by atoms with van der Waals surface area (Å²) < 4.78 is 0. The predicted octanol–water partition coefficient (Wildman–Crippen LogP) is 4.44. The molecule has 0 aliphatic heterocycles. The van der Waals surface area contributed by atoms with E-state index < -0.39 is 0 Å². The van der Waals surface area contributed by atoms with E-state index in [1.165, 1.54) is 17.6 Å². The molecule has 0 spiro atoms. The summed E-state index contributed by atoms with van der Waals surface area (Å²) in [5.41, 5.74) is 3.50. The number of rotatable bonds is 0. The fraction of sp³-hybridized carbons (Fsp3) is 0.667. The monoisotopic (exact) mass is 220 g/mol. The molecule has 0 fully saturated rings. The molecule has 90 valence electrons. The summed E-state index contributed by atoms with van der Waals surface area (Å²) >= 11 is 0. The predicted molar refractivity (Wildman–Crippen MR) is 69.4 cm³/mol. The quantitative estimate of drug-likeness (QED) is 0.436. The molecule has 1 rings (SSSR count). The molecule has 0 heterocycles. The van der Waals surface area contributed by atoms with E-state index in [2.05, 4.69) is 33.8 Å². The van der Waals surface area contributed by atoms with Crippen LogP contribution in [0.25, 0.3) is 0 Å². The van der Waals surface area contributed by atoms with Gasteiger partial charge in [0.05, 0.1) is 0 Å². The fourth-order valence-corrected chi connectivity index (χ4v) is 2.25. The average molecular weight is 220 g/mol. The van der Waals surface area contributed by atoms with Crippen molar-refractivity contribution in [3.05, 3.63) is 22.8 Å². The Kier molecular flexibility index (Phi) is 4.98. The van der Waals surface area contributed by atoms with Crippen molar-refractivity contribution in [1.82, 2.24) is 0 Å². The number of hydrogen-bond acceptors (Lipinski definition) is 1. The van der Waals surface area contributed by atoms with Crippen molar-refractivity contribution in [2.75, 3.05) is 0 Å². The minimum Gasteiger partial charge on any atom is -0.294 e. The maximum atomic E-state index is 12.1. The summed E-state index contributed by atoms with van der Waals surface area (Å²) in [7, 11) is 0. The molecule has 0 aromatic rings. The van der Waals surface area contributed by atoms with E-state index in [4.69, 9.17) is 0 Å². The van der Waals surface area contributed by atoms with Gasteiger partial charge in [-0.3, -0.25) is 4.79 Å². The fourth-order valence-electron chi connectivity index (χ4n) is 2.25. The standard InChI is InChI=1S/C15H24O/c1-11(2)14-9-8-12(3)6-5-7-13(4)10-15(14)16/h7,12H,5-6,8-10H2,1-4H3/b13-7-. The second kappa shape index (κ2) is 6.03. The molecule has 1 aliphatic rings. The first kappa shape index (κ1) is 13.2. The smallest absolute Gasteiger partial charge is 0.162 e. The normalized spacial score (nSPS) is 27.2. The highest BCUT2D eigenvalue weighted by atomic mass is 16.1. The largest absolute Gasteiger partial charge is 0.294 e. The first-order valence-electron chi connectivity index (χ1n) is 6.36. The van der Waals surface area contributed by atoms with Gasteiger partial charge in [0, 0.05) is 6.42 Å². The van der Waals surface area contributed by atoms with Gasteiger partial charge in [0.2, 0.25) is 0 Å². The molecule has 0 saturated heterocycles. The summed E-state index contributed by atoms with van der Waals surface area (Å²) in [6.45, 7) is 8.48. The van der Waals surface area contributed by atoms with Gasteiger partial charge in [-0.15, -0.1) is 0 Å². The van der Waals surface area contributed by atoms with Crippen LogP contribution in [0.15, 0.2) is 22.8 Å². The lowest BCUT2D eigenvalue weighted by Gasteiger charge is -2.15. The molecule has 16 heavy (non-hydrogen) atoms. The van der Waals surface area contributed by atoms with Crippen LogP contribution < -0.4 is 0 Å². The number of carbonyl (C=O) groups is 1. The number of allylic oxidation sites excluding steroid dienone is 4. The Labute approximate surface area is 99.6 Å². The molecule has 0 saturated carbocycles. The van der Waals surface area contributed by atoms with E-state index in [9.17, 15) is 4.79 Å². The average Bonchev–Trinajstić information content (AvgIpc) is 2.16. The Morgan fingerprint density at radius 2 is 2.00 bits per heavy atom. The van der Waals surface area contributed by atoms with Crippen LogP contribution >= 0.6 is 0 Å². The summed E-state index contributed by atoms with van der Waals surface area (Å²) in [5.74, 6) is 1.06. The lowest BCUT2D eigenvalue weighted by Crippen LogP contribution is -2.08. The van der Waals surface area contributed by atoms with Crippen molar-refractivity contribution < 1.29 is 4.79 Å². The maximum Gasteiger partial charge on any atom is 0.162 e. The van der Waals surface area contributed by atoms with Gasteiger partial charge in [0.15, 0.2) is 5.78 Å². The lowest BCUT2D eigenvalue weighted by atomic mass is 9.89. The van der Waals surface area contributed by atoms with Crippen molar-refractivity contribution in [3.8, 4) is 0 Å². The van der Waals surface area contributed by atoms with Gasteiger partial charge >= 0.3 is 0 Å². The van der Waals surface area contributed by atoms with Crippen LogP contribution in [0.4, 0.5) is 0 Å². The maximum absolute atomic E-state index is 12.1. The zero-order valence-corrected chi connectivity index (χ0v) is 11.1. The third-order valence-electron chi connectivity index (χ3n) is 3.42. The molecule has 1 unspecified atom stereocenters. The number of ketones is 1. The summed E-state index contributed by atoms with van der Waals surface area (Å²) in [6, 6.07) is 0. The van der Waals surface area contributed by atoms with Crippen LogP contribution in [0.2, 0.25) is 0 Å². The second-order valence-electron chi connectivity index (χ2n) is 5.35. The number of carbonyl (C=O) groups excluding carboxylic acids is 1. The molecular formula is C15H24O. The highest BCUT2D eigenvalue weighted by Crippen LogP contribution is 2.24. The Morgan fingerprint density at radius 1 is 1.31 bits per heavy atom. The topological polar surface area (TPSA) is 17.1 Å². The van der Waals surface area contributed by atoms with E-state index in [-0.39, 0.29) is 0 Å². The Bertz CT molecular complexity index is 316. The molecule has 0 aromatic heterocycles. The Morgan fingerprint density at radius 3 is 2.62 bits per heavy atom. The lowest BCUT2D eigenvalue weighted by molar-refractivity contribution is -0.115. The molecule has 1 nitrogen and oxygen atoms in total. The first-order chi connectivity index (χ1) is 7.50. The van der Waals surface area contributed by atoms with E-state index in [0.717, 1.165) is 30.8 Å². The highest BCUT2D eigenvalue weighted by molar-refractivity contribution is 5.97. The molecule has 1 aliphatic carbocycles. The second-order valence-corrected chi connectivity index (χ2v) is 5.35. The molecular weight excluding hydrogens is 196 g/mol. The van der Waals surface area contributed by atoms with E-state index >= 15 is 0 Å². The van der Waals surface area contributed by atoms with Crippen molar-refractivity contribution >= 4 is 5.78 Å². The van der Waals surface area contributed by atoms with Gasteiger partial charge in [-0.1, -0.05) is 24.1 Å². The SMILES string of the molecule is CC(C)=C1CCC(C)CC/C=C(/C)CC1=O. The van der Waals surface area contributed by atoms with Crippen LogP contribution in [0.3, 0.4) is 0 Å². The van der Waals surface area contributed by atoms with Crippen LogP contribution in [-0.2, 0) is 4.79 Å². The van der Waals surface area contributed by atoms with Gasteiger partial charge in [-0.25, -0.2) is 0 Å². The van der Waals surface area contributed by atoms with Crippen molar-refractivity contribution in [2.24, 2.45) is 5.92 Å². The van der Waals surface area contributed by atoms with Crippen molar-refractivity contribution in [3.63, 3.8) is 0 Å². The van der Waals surface area contributed by atoms with E-state index in [1.54, 1.807) is 0 Å². The first-order valence-corrected chi connectivity index (χ1v) is 6.36. The van der Waals surface area contributed by atoms with Crippen LogP contribution in [-0.4, -0.2) is 5.78 Å². The van der Waals surface area contributed by atoms with Crippen LogP contribution in [0, 0.1) is 5.92 Å². The Hall–Kier alpha value is -0.850. The van der Waals surface area contributed by atoms with E-state index in [1.807, 2.05) is 0 Å². The van der Waals surface area contributed by atoms with Gasteiger partial charge < -0.3 is 0 Å². The Balaban J connectivity index is 2.88. The van der Waals surface area contributed by atoms with E-state index in [0.29, 0.717) is 12.2 Å². The molecule has 0 amide bonds. The van der Waals surface area contributed by atoms with Crippen LogP contribution in [0.5, 0.6) is 0 Å². The molecule has 0 radical (unpaired) electrons. The van der Waals surface area contributed by atoms with Gasteiger partial charge in [0.25, 0.3) is 0 Å². The minimum atomic E-state index is 0.336. The third-order valence-corrected chi connectivity index (χ3v) is 3.42. The van der Waals surface area contributed by atoms with Gasteiger partial charge in [-0.2, -0.15) is 0 Å². The third kappa shape index (κ3) is 3.96. The zero-order valence-electron chi connectivity index (χ0n) is 11.1. The molecule has 1 atom stereocenters. The van der Waals surface area contributed by atoms with Crippen LogP contribution in [0.1, 0.15) is 59.8 Å². The van der Waals surface area contributed by atoms with Gasteiger partial charge in [-0.05, 0) is 57.9 Å². The van der Waals surface area contributed by atoms with Crippen molar-refractivity contribution in [1.29, 1.82) is 0 Å². The summed E-state index contributed by atoms with van der Waals surface area (Å²) in [5, 5.41) is 0. The molecule has 0 bridgehead atoms. The number of Topliss-reactive ketones (excluding diaryl/α,β-unsaturated/α-hetero) is 1. The van der Waals surface area contributed by atoms with Gasteiger partial charge in [0.1, 0.15) is 0 Å². The van der Waals surface area contributed by atoms with Crippen molar-refractivity contribution in [2.45, 2.75) is 59.8 Å². The summed E-state index contributed by atoms with van der Waals surface area (Å²) in [6.07, 6.45) is 7.36. The minimum absolute atomic E-state index is 0.336.